The maximum Gasteiger partial charge on any atom is 0.264 e. The third kappa shape index (κ3) is 7.55. The van der Waals surface area contributed by atoms with Crippen LogP contribution in [0.4, 0.5) is 5.69 Å². The van der Waals surface area contributed by atoms with Crippen molar-refractivity contribution in [2.24, 2.45) is 0 Å². The van der Waals surface area contributed by atoms with Crippen molar-refractivity contribution in [3.63, 3.8) is 0 Å². The van der Waals surface area contributed by atoms with Gasteiger partial charge in [0.2, 0.25) is 11.8 Å². The van der Waals surface area contributed by atoms with Gasteiger partial charge in [-0.2, -0.15) is 0 Å². The van der Waals surface area contributed by atoms with Gasteiger partial charge in [0.05, 0.1) is 10.6 Å². The van der Waals surface area contributed by atoms with E-state index in [-0.39, 0.29) is 23.4 Å². The van der Waals surface area contributed by atoms with Crippen LogP contribution in [-0.4, -0.2) is 43.8 Å². The minimum Gasteiger partial charge on any atom is -0.352 e. The number of nitrogens with one attached hydrogen (secondary N) is 1. The van der Waals surface area contributed by atoms with Gasteiger partial charge in [-0.15, -0.1) is 0 Å². The number of hydrogen-bond acceptors (Lipinski definition) is 4. The zero-order chi connectivity index (χ0) is 29.6. The summed E-state index contributed by atoms with van der Waals surface area (Å²) in [5.74, 6) is -0.625. The van der Waals surface area contributed by atoms with Gasteiger partial charge in [0, 0.05) is 12.6 Å². The Labute approximate surface area is 244 Å². The lowest BCUT2D eigenvalue weighted by Crippen LogP contribution is -2.53. The molecule has 1 aliphatic carbocycles. The third-order valence-corrected chi connectivity index (χ3v) is 9.45. The number of carbonyl (C=O) groups excluding carboxylic acids is 2. The number of anilines is 1. The van der Waals surface area contributed by atoms with Crippen LogP contribution < -0.4 is 9.62 Å². The Hall–Kier alpha value is -3.65. The van der Waals surface area contributed by atoms with Crippen LogP contribution in [0.15, 0.2) is 77.7 Å². The predicted octanol–water partition coefficient (Wildman–Crippen LogP) is 5.67. The summed E-state index contributed by atoms with van der Waals surface area (Å²) < 4.78 is 29.3. The van der Waals surface area contributed by atoms with Gasteiger partial charge in [-0.25, -0.2) is 8.42 Å². The van der Waals surface area contributed by atoms with Crippen molar-refractivity contribution < 1.29 is 18.0 Å². The van der Waals surface area contributed by atoms with Crippen molar-refractivity contribution in [1.29, 1.82) is 0 Å². The molecule has 0 radical (unpaired) electrons. The number of sulfonamides is 1. The van der Waals surface area contributed by atoms with Crippen molar-refractivity contribution in [2.75, 3.05) is 10.8 Å². The molecular weight excluding hydrogens is 534 g/mol. The van der Waals surface area contributed by atoms with Crippen molar-refractivity contribution in [3.05, 3.63) is 95.1 Å². The fourth-order valence-electron chi connectivity index (χ4n) is 5.53. The maximum atomic E-state index is 14.2. The van der Waals surface area contributed by atoms with Crippen LogP contribution in [0, 0.1) is 20.8 Å². The summed E-state index contributed by atoms with van der Waals surface area (Å²) in [7, 11) is -4.09. The number of carbonyl (C=O) groups is 2. The van der Waals surface area contributed by atoms with E-state index in [2.05, 4.69) is 5.32 Å². The standard InChI is InChI=1S/C33H41N3O4S/c1-5-31(33(38)34-28-13-9-10-14-28)35(22-27-11-7-6-8-12-27)32(37)23-36(29-20-25(3)19-26(4)21-29)41(39,40)30-17-15-24(2)16-18-30/h6-8,11-12,15-21,28,31H,5,9-10,13-14,22-23H2,1-4H3,(H,34,38). The van der Waals surface area contributed by atoms with Crippen molar-refractivity contribution in [3.8, 4) is 0 Å². The van der Waals surface area contributed by atoms with E-state index in [1.165, 1.54) is 4.31 Å². The Morgan fingerprint density at radius 3 is 2.07 bits per heavy atom. The molecule has 218 valence electrons. The monoisotopic (exact) mass is 575 g/mol. The molecule has 0 aliphatic heterocycles. The van der Waals surface area contributed by atoms with Gasteiger partial charge in [0.1, 0.15) is 12.6 Å². The Balaban J connectivity index is 1.72. The van der Waals surface area contributed by atoms with Crippen LogP contribution in [-0.2, 0) is 26.2 Å². The Morgan fingerprint density at radius 2 is 1.49 bits per heavy atom. The lowest BCUT2D eigenvalue weighted by Gasteiger charge is -2.34. The number of benzene rings is 3. The van der Waals surface area contributed by atoms with Crippen molar-refractivity contribution in [1.82, 2.24) is 10.2 Å². The number of aryl methyl sites for hydroxylation is 3. The van der Waals surface area contributed by atoms with Crippen LogP contribution in [0.3, 0.4) is 0 Å². The smallest absolute Gasteiger partial charge is 0.264 e. The summed E-state index contributed by atoms with van der Waals surface area (Å²) in [4.78, 5) is 29.4. The van der Waals surface area contributed by atoms with Gasteiger partial charge < -0.3 is 10.2 Å². The Kier molecular flexibility index (Phi) is 9.86. The minimum absolute atomic E-state index is 0.107. The molecule has 1 N–H and O–H groups in total. The van der Waals surface area contributed by atoms with Crippen LogP contribution in [0.25, 0.3) is 0 Å². The van der Waals surface area contributed by atoms with Gasteiger partial charge in [-0.1, -0.05) is 73.9 Å². The van der Waals surface area contributed by atoms with E-state index in [1.807, 2.05) is 64.1 Å². The molecular formula is C33H41N3O4S. The average Bonchev–Trinajstić information content (AvgIpc) is 3.44. The number of rotatable bonds is 11. The van der Waals surface area contributed by atoms with E-state index in [1.54, 1.807) is 41.3 Å². The molecule has 3 aromatic carbocycles. The summed E-state index contributed by atoms with van der Waals surface area (Å²) in [6.07, 6.45) is 4.44. The van der Waals surface area contributed by atoms with Crippen LogP contribution in [0.1, 0.15) is 61.3 Å². The Bertz CT molecular complexity index is 1430. The maximum absolute atomic E-state index is 14.2. The van der Waals surface area contributed by atoms with Crippen LogP contribution in [0.5, 0.6) is 0 Å². The molecule has 2 amide bonds. The SMILES string of the molecule is CCC(C(=O)NC1CCCC1)N(Cc1ccccc1)C(=O)CN(c1cc(C)cc(C)c1)S(=O)(=O)c1ccc(C)cc1. The molecule has 1 unspecified atom stereocenters. The van der Waals surface area contributed by atoms with E-state index in [0.717, 1.165) is 47.9 Å². The second-order valence-electron chi connectivity index (χ2n) is 11.1. The highest BCUT2D eigenvalue weighted by molar-refractivity contribution is 7.92. The van der Waals surface area contributed by atoms with E-state index >= 15 is 0 Å². The largest absolute Gasteiger partial charge is 0.352 e. The number of nitrogens with zero attached hydrogens (tertiary/aromatic N) is 2. The molecule has 0 spiro atoms. The highest BCUT2D eigenvalue weighted by Crippen LogP contribution is 2.27. The normalized spacial score (nSPS) is 14.4. The molecule has 3 aromatic rings. The second kappa shape index (κ2) is 13.3. The summed E-state index contributed by atoms with van der Waals surface area (Å²) in [6.45, 7) is 7.34. The summed E-state index contributed by atoms with van der Waals surface area (Å²) >= 11 is 0. The fourth-order valence-corrected chi connectivity index (χ4v) is 6.93. The first-order valence-electron chi connectivity index (χ1n) is 14.4. The highest BCUT2D eigenvalue weighted by Gasteiger charge is 2.34. The van der Waals surface area contributed by atoms with Gasteiger partial charge >= 0.3 is 0 Å². The zero-order valence-electron chi connectivity index (χ0n) is 24.5. The molecule has 7 nitrogen and oxygen atoms in total. The first-order valence-corrected chi connectivity index (χ1v) is 15.8. The molecule has 0 heterocycles. The summed E-state index contributed by atoms with van der Waals surface area (Å²) in [5, 5.41) is 3.15. The van der Waals surface area contributed by atoms with E-state index in [4.69, 9.17) is 0 Å². The molecule has 1 fully saturated rings. The van der Waals surface area contributed by atoms with E-state index in [0.29, 0.717) is 12.1 Å². The van der Waals surface area contributed by atoms with E-state index < -0.39 is 28.5 Å². The van der Waals surface area contributed by atoms with E-state index in [9.17, 15) is 18.0 Å². The average molecular weight is 576 g/mol. The first-order chi connectivity index (χ1) is 19.6. The molecule has 4 rings (SSSR count). The van der Waals surface area contributed by atoms with Crippen LogP contribution in [0.2, 0.25) is 0 Å². The number of hydrogen-bond donors (Lipinski definition) is 1. The fraction of sp³-hybridized carbons (Fsp3) is 0.394. The quantitative estimate of drug-likeness (QED) is 0.319. The molecule has 1 aliphatic rings. The van der Waals surface area contributed by atoms with Gasteiger partial charge in [0.25, 0.3) is 10.0 Å². The minimum atomic E-state index is -4.09. The highest BCUT2D eigenvalue weighted by atomic mass is 32.2. The summed E-state index contributed by atoms with van der Waals surface area (Å²) in [5.41, 5.74) is 4.00. The lowest BCUT2D eigenvalue weighted by molar-refractivity contribution is -0.140. The van der Waals surface area contributed by atoms with Crippen LogP contribution >= 0.6 is 0 Å². The molecule has 0 bridgehead atoms. The van der Waals surface area contributed by atoms with Gasteiger partial charge in [-0.05, 0) is 81.0 Å². The third-order valence-electron chi connectivity index (χ3n) is 7.67. The molecule has 1 atom stereocenters. The zero-order valence-corrected chi connectivity index (χ0v) is 25.3. The lowest BCUT2D eigenvalue weighted by atomic mass is 10.1. The topological polar surface area (TPSA) is 86.8 Å². The van der Waals surface area contributed by atoms with Gasteiger partial charge in [0.15, 0.2) is 0 Å². The first kappa shape index (κ1) is 30.3. The molecule has 8 heteroatoms. The summed E-state index contributed by atoms with van der Waals surface area (Å²) in [6, 6.07) is 21.0. The van der Waals surface area contributed by atoms with Crippen molar-refractivity contribution >= 4 is 27.5 Å². The molecule has 0 saturated heterocycles. The Morgan fingerprint density at radius 1 is 0.878 bits per heavy atom. The van der Waals surface area contributed by atoms with Gasteiger partial charge in [-0.3, -0.25) is 13.9 Å². The molecule has 41 heavy (non-hydrogen) atoms. The van der Waals surface area contributed by atoms with Crippen molar-refractivity contribution in [2.45, 2.75) is 83.3 Å². The molecule has 1 saturated carbocycles. The predicted molar refractivity (Wildman–Crippen MR) is 163 cm³/mol. The number of amides is 2. The molecule has 0 aromatic heterocycles. The second-order valence-corrected chi connectivity index (χ2v) is 13.0.